The van der Waals surface area contributed by atoms with Gasteiger partial charge in [0.2, 0.25) is 5.91 Å². The number of ether oxygens (including phenoxy) is 1. The van der Waals surface area contributed by atoms with E-state index in [0.717, 1.165) is 22.2 Å². The number of amides is 1. The van der Waals surface area contributed by atoms with E-state index in [2.05, 4.69) is 4.98 Å². The summed E-state index contributed by atoms with van der Waals surface area (Å²) < 4.78 is 5.64. The quantitative estimate of drug-likeness (QED) is 0.700. The number of carbonyl (C=O) groups excluding carboxylic acids is 1. The van der Waals surface area contributed by atoms with Crippen LogP contribution in [0.5, 0.6) is 5.75 Å². The number of benzene rings is 2. The molecular formula is C20H20N2O2. The van der Waals surface area contributed by atoms with Gasteiger partial charge in [0, 0.05) is 18.6 Å². The van der Waals surface area contributed by atoms with Crippen LogP contribution in [0.4, 0.5) is 0 Å². The molecular weight excluding hydrogens is 300 g/mol. The third-order valence-electron chi connectivity index (χ3n) is 3.92. The van der Waals surface area contributed by atoms with Gasteiger partial charge in [-0.15, -0.1) is 0 Å². The molecule has 0 radical (unpaired) electrons. The normalized spacial score (nSPS) is 10.5. The largest absolute Gasteiger partial charge is 0.492 e. The Bertz CT molecular complexity index is 813. The van der Waals surface area contributed by atoms with Crippen LogP contribution in [0.3, 0.4) is 0 Å². The lowest BCUT2D eigenvalue weighted by Gasteiger charge is -2.18. The van der Waals surface area contributed by atoms with Gasteiger partial charge < -0.3 is 9.64 Å². The molecule has 4 nitrogen and oxygen atoms in total. The van der Waals surface area contributed by atoms with Crippen molar-refractivity contribution in [3.8, 4) is 5.75 Å². The van der Waals surface area contributed by atoms with E-state index in [1.165, 1.54) is 0 Å². The lowest BCUT2D eigenvalue weighted by atomic mass is 10.1. The van der Waals surface area contributed by atoms with Crippen molar-refractivity contribution in [2.75, 3.05) is 20.2 Å². The predicted octanol–water partition coefficient (Wildman–Crippen LogP) is 3.31. The summed E-state index contributed by atoms with van der Waals surface area (Å²) in [6.07, 6.45) is 2.10. The van der Waals surface area contributed by atoms with Gasteiger partial charge in [0.15, 0.2) is 0 Å². The van der Waals surface area contributed by atoms with Crippen molar-refractivity contribution in [2.45, 2.75) is 6.42 Å². The zero-order valence-electron chi connectivity index (χ0n) is 13.7. The van der Waals surface area contributed by atoms with Crippen LogP contribution >= 0.6 is 0 Å². The Kier molecular flexibility index (Phi) is 5.06. The van der Waals surface area contributed by atoms with E-state index >= 15 is 0 Å². The standard InChI is InChI=1S/C20H20N2O2/c1-22(13-14-24-18-10-3-2-4-11-18)19(23)15-17-8-5-7-16-9-6-12-21-20(16)17/h2-12H,13-15H2,1H3. The molecule has 0 bridgehead atoms. The number of carbonyl (C=O) groups is 1. The van der Waals surface area contributed by atoms with Crippen LogP contribution in [0.15, 0.2) is 66.9 Å². The summed E-state index contributed by atoms with van der Waals surface area (Å²) in [7, 11) is 1.80. The number of hydrogen-bond acceptors (Lipinski definition) is 3. The molecule has 0 unspecified atom stereocenters. The maximum Gasteiger partial charge on any atom is 0.226 e. The van der Waals surface area contributed by atoms with Crippen molar-refractivity contribution in [3.63, 3.8) is 0 Å². The monoisotopic (exact) mass is 320 g/mol. The average Bonchev–Trinajstić information content (AvgIpc) is 2.63. The molecule has 1 heterocycles. The molecule has 122 valence electrons. The zero-order valence-corrected chi connectivity index (χ0v) is 13.7. The molecule has 0 saturated heterocycles. The summed E-state index contributed by atoms with van der Waals surface area (Å²) in [4.78, 5) is 18.5. The van der Waals surface area contributed by atoms with Crippen LogP contribution in [0.1, 0.15) is 5.56 Å². The highest BCUT2D eigenvalue weighted by Crippen LogP contribution is 2.17. The summed E-state index contributed by atoms with van der Waals surface area (Å²) in [5.41, 5.74) is 1.84. The van der Waals surface area contributed by atoms with Gasteiger partial charge >= 0.3 is 0 Å². The second-order valence-electron chi connectivity index (χ2n) is 5.65. The minimum atomic E-state index is 0.0600. The van der Waals surface area contributed by atoms with Crippen molar-refractivity contribution in [1.82, 2.24) is 9.88 Å². The number of fused-ring (bicyclic) bond motifs is 1. The van der Waals surface area contributed by atoms with E-state index in [9.17, 15) is 4.79 Å². The summed E-state index contributed by atoms with van der Waals surface area (Å²) in [5.74, 6) is 0.876. The lowest BCUT2D eigenvalue weighted by Crippen LogP contribution is -2.32. The number of hydrogen-bond donors (Lipinski definition) is 0. The molecule has 0 aliphatic heterocycles. The van der Waals surface area contributed by atoms with E-state index in [1.807, 2.05) is 60.7 Å². The predicted molar refractivity (Wildman–Crippen MR) is 95.0 cm³/mol. The molecule has 0 fully saturated rings. The highest BCUT2D eigenvalue weighted by molar-refractivity contribution is 5.87. The average molecular weight is 320 g/mol. The first-order valence-corrected chi connectivity index (χ1v) is 7.98. The number of para-hydroxylation sites is 2. The van der Waals surface area contributed by atoms with E-state index in [-0.39, 0.29) is 5.91 Å². The SMILES string of the molecule is CN(CCOc1ccccc1)C(=O)Cc1cccc2cccnc12. The number of nitrogens with zero attached hydrogens (tertiary/aromatic N) is 2. The van der Waals surface area contributed by atoms with Crippen molar-refractivity contribution in [2.24, 2.45) is 0 Å². The van der Waals surface area contributed by atoms with Crippen molar-refractivity contribution in [3.05, 3.63) is 72.4 Å². The van der Waals surface area contributed by atoms with E-state index in [4.69, 9.17) is 4.74 Å². The topological polar surface area (TPSA) is 42.4 Å². The molecule has 3 rings (SSSR count). The van der Waals surface area contributed by atoms with Gasteiger partial charge in [-0.3, -0.25) is 9.78 Å². The number of aromatic nitrogens is 1. The molecule has 0 N–H and O–H groups in total. The van der Waals surface area contributed by atoms with Gasteiger partial charge in [0.25, 0.3) is 0 Å². The molecule has 0 saturated carbocycles. The van der Waals surface area contributed by atoms with Crippen molar-refractivity contribution < 1.29 is 9.53 Å². The minimum absolute atomic E-state index is 0.0600. The molecule has 2 aromatic carbocycles. The first-order valence-electron chi connectivity index (χ1n) is 7.98. The first kappa shape index (κ1) is 16.0. The highest BCUT2D eigenvalue weighted by Gasteiger charge is 2.12. The summed E-state index contributed by atoms with van der Waals surface area (Å²) >= 11 is 0. The van der Waals surface area contributed by atoms with Crippen molar-refractivity contribution >= 4 is 16.8 Å². The van der Waals surface area contributed by atoms with Crippen LogP contribution < -0.4 is 4.74 Å². The third kappa shape index (κ3) is 3.90. The second-order valence-corrected chi connectivity index (χ2v) is 5.65. The first-order chi connectivity index (χ1) is 11.7. The fraction of sp³-hybridized carbons (Fsp3) is 0.200. The Morgan fingerprint density at radius 3 is 2.67 bits per heavy atom. The van der Waals surface area contributed by atoms with Crippen LogP contribution in [-0.4, -0.2) is 36.0 Å². The molecule has 3 aromatic rings. The minimum Gasteiger partial charge on any atom is -0.492 e. The van der Waals surface area contributed by atoms with Gasteiger partial charge in [-0.25, -0.2) is 0 Å². The summed E-state index contributed by atoms with van der Waals surface area (Å²) in [5, 5.41) is 1.05. The molecule has 1 amide bonds. The molecule has 0 spiro atoms. The van der Waals surface area contributed by atoms with Crippen LogP contribution in [0, 0.1) is 0 Å². The van der Waals surface area contributed by atoms with Gasteiger partial charge in [-0.05, 0) is 23.8 Å². The van der Waals surface area contributed by atoms with Gasteiger partial charge in [0.1, 0.15) is 12.4 Å². The van der Waals surface area contributed by atoms with Crippen molar-refractivity contribution in [1.29, 1.82) is 0 Å². The lowest BCUT2D eigenvalue weighted by molar-refractivity contribution is -0.129. The zero-order chi connectivity index (χ0) is 16.8. The fourth-order valence-corrected chi connectivity index (χ4v) is 2.55. The van der Waals surface area contributed by atoms with E-state index in [1.54, 1.807) is 18.1 Å². The van der Waals surface area contributed by atoms with Gasteiger partial charge in [-0.2, -0.15) is 0 Å². The van der Waals surface area contributed by atoms with Crippen LogP contribution in [0.2, 0.25) is 0 Å². The number of likely N-dealkylation sites (N-methyl/N-ethyl adjacent to an activating group) is 1. The molecule has 0 atom stereocenters. The Hall–Kier alpha value is -2.88. The maximum atomic E-state index is 12.4. The molecule has 4 heteroatoms. The van der Waals surface area contributed by atoms with Gasteiger partial charge in [-0.1, -0.05) is 42.5 Å². The Balaban J connectivity index is 1.57. The van der Waals surface area contributed by atoms with E-state index < -0.39 is 0 Å². The highest BCUT2D eigenvalue weighted by atomic mass is 16.5. The Labute approximate surface area is 141 Å². The number of rotatable bonds is 6. The van der Waals surface area contributed by atoms with Crippen LogP contribution in [0.25, 0.3) is 10.9 Å². The molecule has 24 heavy (non-hydrogen) atoms. The maximum absolute atomic E-state index is 12.4. The molecule has 1 aromatic heterocycles. The van der Waals surface area contributed by atoms with E-state index in [0.29, 0.717) is 19.6 Å². The second kappa shape index (κ2) is 7.59. The third-order valence-corrected chi connectivity index (χ3v) is 3.92. The smallest absolute Gasteiger partial charge is 0.226 e. The molecule has 0 aliphatic rings. The number of pyridine rings is 1. The fourth-order valence-electron chi connectivity index (χ4n) is 2.55. The summed E-state index contributed by atoms with van der Waals surface area (Å²) in [6, 6.07) is 19.5. The Morgan fingerprint density at radius 1 is 1.04 bits per heavy atom. The van der Waals surface area contributed by atoms with Gasteiger partial charge in [0.05, 0.1) is 18.5 Å². The molecule has 0 aliphatic carbocycles. The Morgan fingerprint density at radius 2 is 1.83 bits per heavy atom. The van der Waals surface area contributed by atoms with Crippen LogP contribution in [-0.2, 0) is 11.2 Å². The summed E-state index contributed by atoms with van der Waals surface area (Å²) in [6.45, 7) is 1.02.